The Morgan fingerprint density at radius 1 is 0.579 bits per heavy atom. The summed E-state index contributed by atoms with van der Waals surface area (Å²) in [6.45, 7) is 13.1. The molecule has 7 aromatic rings. The van der Waals surface area contributed by atoms with Gasteiger partial charge in [-0.15, -0.1) is 0 Å². The number of H-pyrrole nitrogens is 2. The number of aromatic nitrogens is 2. The predicted octanol–water partition coefficient (Wildman–Crippen LogP) is 9.53. The van der Waals surface area contributed by atoms with E-state index >= 15 is 0 Å². The molecule has 2 aromatic heterocycles. The van der Waals surface area contributed by atoms with Crippen LogP contribution in [0.1, 0.15) is 87.6 Å². The fourth-order valence-electron chi connectivity index (χ4n) is 7.91. The molecule has 1 unspecified atom stereocenters. The van der Waals surface area contributed by atoms with Crippen LogP contribution in [0.3, 0.4) is 0 Å². The molecular formula is C49H42N8. The summed E-state index contributed by atoms with van der Waals surface area (Å²) in [5.74, 6) is 10.8. The molecule has 3 aliphatic rings. The summed E-state index contributed by atoms with van der Waals surface area (Å²) >= 11 is 0. The molecule has 0 amide bonds. The van der Waals surface area contributed by atoms with Crippen molar-refractivity contribution in [3.63, 3.8) is 0 Å². The third-order valence-corrected chi connectivity index (χ3v) is 11.5. The zero-order chi connectivity index (χ0) is 38.9. The molecule has 0 radical (unpaired) electrons. The van der Waals surface area contributed by atoms with Gasteiger partial charge in [-0.3, -0.25) is 0 Å². The number of nitrogens with zero attached hydrogens (tertiary/aromatic N) is 5. The first kappa shape index (κ1) is 34.6. The average Bonchev–Trinajstić information content (AvgIpc) is 3.92. The number of benzene rings is 5. The summed E-state index contributed by atoms with van der Waals surface area (Å²) in [4.78, 5) is 33.3. The molecule has 0 saturated heterocycles. The first-order valence-corrected chi connectivity index (χ1v) is 19.7. The molecular weight excluding hydrogens is 701 g/mol. The van der Waals surface area contributed by atoms with Crippen LogP contribution in [-0.2, 0) is 6.42 Å². The number of fused-ring (bicyclic) bond motifs is 18. The number of aromatic amines is 2. The van der Waals surface area contributed by atoms with Crippen molar-refractivity contribution in [1.82, 2.24) is 9.97 Å². The van der Waals surface area contributed by atoms with Gasteiger partial charge in [-0.05, 0) is 123 Å². The van der Waals surface area contributed by atoms with E-state index in [2.05, 4.69) is 141 Å². The quantitative estimate of drug-likeness (QED) is 0.154. The number of hydrogen-bond donors (Lipinski definition) is 3. The Labute approximate surface area is 331 Å². The van der Waals surface area contributed by atoms with Gasteiger partial charge in [0.25, 0.3) is 0 Å². The molecule has 8 bridgehead atoms. The molecule has 278 valence electrons. The van der Waals surface area contributed by atoms with Crippen LogP contribution in [0.2, 0.25) is 0 Å². The van der Waals surface area contributed by atoms with Gasteiger partial charge in [-0.2, -0.15) is 0 Å². The maximum Gasteiger partial charge on any atom is 0.164 e. The molecule has 8 heteroatoms. The third-order valence-electron chi connectivity index (χ3n) is 11.5. The van der Waals surface area contributed by atoms with E-state index in [0.29, 0.717) is 40.2 Å². The van der Waals surface area contributed by atoms with Crippen LogP contribution in [0.4, 0.5) is 11.6 Å². The Morgan fingerprint density at radius 2 is 1.23 bits per heavy atom. The fourth-order valence-corrected chi connectivity index (χ4v) is 7.91. The molecule has 1 atom stereocenters. The molecule has 10 rings (SSSR count). The zero-order valence-corrected chi connectivity index (χ0v) is 33.0. The van der Waals surface area contributed by atoms with Crippen LogP contribution < -0.4 is 16.3 Å². The van der Waals surface area contributed by atoms with Crippen molar-refractivity contribution < 1.29 is 0 Å². The molecule has 0 fully saturated rings. The lowest BCUT2D eigenvalue weighted by atomic mass is 9.99. The van der Waals surface area contributed by atoms with Gasteiger partial charge < -0.3 is 15.3 Å². The minimum absolute atomic E-state index is 0.359. The van der Waals surface area contributed by atoms with E-state index in [1.807, 2.05) is 18.2 Å². The lowest BCUT2D eigenvalue weighted by Gasteiger charge is -2.14. The molecule has 0 aliphatic carbocycles. The van der Waals surface area contributed by atoms with Crippen LogP contribution >= 0.6 is 0 Å². The average molecular weight is 743 g/mol. The number of aryl methyl sites for hydroxylation is 5. The van der Waals surface area contributed by atoms with Crippen molar-refractivity contribution in [2.45, 2.75) is 60.5 Å². The Balaban J connectivity index is 1.18. The predicted molar refractivity (Wildman–Crippen MR) is 232 cm³/mol. The van der Waals surface area contributed by atoms with Crippen LogP contribution in [0.15, 0.2) is 116 Å². The number of hydrogen-bond acceptors (Lipinski definition) is 6. The van der Waals surface area contributed by atoms with Gasteiger partial charge in [0.1, 0.15) is 28.8 Å². The smallest absolute Gasteiger partial charge is 0.164 e. The standard InChI is InChI=1S/C49H42N8/c1-26(2)11-12-31-13-15-32(16-14-31)17-18-33-19-20-36-41(25-33)49-53-44(36)51-42-34-9-7-8-10-35(34)43(50-42)52-45-37-21-27(3)28(4)22-38(37)46(54-45)55-47-39-23-29(5)30(6)24-40(39)48(56-47)57-49/h7-10,13-16,19-26,45,50,52H,11-12H2,1-6H3,(H,51,53,54,55,56,57). The van der Waals surface area contributed by atoms with Crippen LogP contribution in [-0.4, -0.2) is 27.5 Å². The van der Waals surface area contributed by atoms with Crippen molar-refractivity contribution in [2.24, 2.45) is 30.9 Å². The molecule has 3 N–H and O–H groups in total. The third kappa shape index (κ3) is 6.16. The highest BCUT2D eigenvalue weighted by Gasteiger charge is 2.29. The first-order valence-electron chi connectivity index (χ1n) is 19.7. The highest BCUT2D eigenvalue weighted by atomic mass is 15.2. The number of aliphatic imine (C=N–C) groups is 3. The number of anilines is 1. The Bertz CT molecular complexity index is 3120. The maximum atomic E-state index is 5.27. The van der Waals surface area contributed by atoms with E-state index < -0.39 is 0 Å². The van der Waals surface area contributed by atoms with E-state index in [1.165, 1.54) is 34.2 Å². The monoisotopic (exact) mass is 742 g/mol. The summed E-state index contributed by atoms with van der Waals surface area (Å²) in [6, 6.07) is 31.9. The largest absolute Gasteiger partial charge is 0.346 e. The van der Waals surface area contributed by atoms with E-state index in [4.69, 9.17) is 25.0 Å². The molecule has 57 heavy (non-hydrogen) atoms. The van der Waals surface area contributed by atoms with Gasteiger partial charge >= 0.3 is 0 Å². The van der Waals surface area contributed by atoms with Crippen molar-refractivity contribution in [1.29, 1.82) is 0 Å². The highest BCUT2D eigenvalue weighted by molar-refractivity contribution is 6.24. The second-order valence-corrected chi connectivity index (χ2v) is 16.0. The highest BCUT2D eigenvalue weighted by Crippen LogP contribution is 2.38. The van der Waals surface area contributed by atoms with Gasteiger partial charge in [0, 0.05) is 54.9 Å². The zero-order valence-electron chi connectivity index (χ0n) is 33.0. The van der Waals surface area contributed by atoms with Gasteiger partial charge in [0.15, 0.2) is 17.5 Å². The summed E-state index contributed by atoms with van der Waals surface area (Å²) < 4.78 is 0. The van der Waals surface area contributed by atoms with Crippen molar-refractivity contribution in [2.75, 3.05) is 5.32 Å². The van der Waals surface area contributed by atoms with E-state index in [1.54, 1.807) is 0 Å². The normalized spacial score (nSPS) is 15.2. The summed E-state index contributed by atoms with van der Waals surface area (Å²) in [6.07, 6.45) is 1.90. The Morgan fingerprint density at radius 3 is 1.98 bits per heavy atom. The van der Waals surface area contributed by atoms with Crippen molar-refractivity contribution >= 4 is 50.7 Å². The van der Waals surface area contributed by atoms with Crippen molar-refractivity contribution in [3.05, 3.63) is 163 Å². The van der Waals surface area contributed by atoms with E-state index in [0.717, 1.165) is 67.2 Å². The second-order valence-electron chi connectivity index (χ2n) is 16.0. The molecule has 0 saturated carbocycles. The summed E-state index contributed by atoms with van der Waals surface area (Å²) in [5, 5.41) is 7.68. The molecule has 0 spiro atoms. The molecule has 5 aromatic carbocycles. The first-order chi connectivity index (χ1) is 27.6. The van der Waals surface area contributed by atoms with Crippen LogP contribution in [0, 0.1) is 45.5 Å². The topological polar surface area (TPSA) is 105 Å². The lowest BCUT2D eigenvalue weighted by molar-refractivity contribution is 0.587. The van der Waals surface area contributed by atoms with Crippen molar-refractivity contribution in [3.8, 4) is 11.8 Å². The fraction of sp³-hybridized carbons (Fsp3) is 0.204. The molecule has 3 aliphatic heterocycles. The molecule has 8 nitrogen and oxygen atoms in total. The second kappa shape index (κ2) is 13.4. The summed E-state index contributed by atoms with van der Waals surface area (Å²) in [5.41, 5.74) is 13.2. The van der Waals surface area contributed by atoms with E-state index in [9.17, 15) is 0 Å². The van der Waals surface area contributed by atoms with Gasteiger partial charge in [0.2, 0.25) is 0 Å². The lowest BCUT2D eigenvalue weighted by Crippen LogP contribution is -2.15. The number of rotatable bonds is 3. The minimum Gasteiger partial charge on any atom is -0.346 e. The maximum absolute atomic E-state index is 5.27. The Kier molecular flexibility index (Phi) is 8.15. The molecule has 5 heterocycles. The Hall–Kier alpha value is -6.85. The number of nitrogens with one attached hydrogen (secondary N) is 3. The SMILES string of the molecule is Cc1cc2c(cc1C)C1N=C2N=c2[nH]c(c3cc(C)c(C)cc23)=NC2=NC(=Nc3[nH]c(c4ccccc34)N1)c1ccc(C#Cc3ccc(CCC(C)C)cc3)cc12. The number of amidine groups is 3. The van der Waals surface area contributed by atoms with Gasteiger partial charge in [-0.1, -0.05) is 68.2 Å². The summed E-state index contributed by atoms with van der Waals surface area (Å²) in [7, 11) is 0. The minimum atomic E-state index is -0.359. The van der Waals surface area contributed by atoms with Gasteiger partial charge in [-0.25, -0.2) is 25.0 Å². The van der Waals surface area contributed by atoms with Crippen LogP contribution in [0.25, 0.3) is 21.5 Å². The van der Waals surface area contributed by atoms with E-state index in [-0.39, 0.29) is 6.17 Å². The van der Waals surface area contributed by atoms with Gasteiger partial charge in [0.05, 0.1) is 0 Å². The van der Waals surface area contributed by atoms with Crippen LogP contribution in [0.5, 0.6) is 0 Å².